The van der Waals surface area contributed by atoms with E-state index in [-0.39, 0.29) is 0 Å². The maximum atomic E-state index is 11.7. The van der Waals surface area contributed by atoms with Crippen LogP contribution in [0.25, 0.3) is 0 Å². The van der Waals surface area contributed by atoms with E-state index in [1.807, 2.05) is 19.1 Å². The van der Waals surface area contributed by atoms with E-state index in [1.54, 1.807) is 0 Å². The summed E-state index contributed by atoms with van der Waals surface area (Å²) in [6.07, 6.45) is 5.75. The number of sulfone groups is 1. The van der Waals surface area contributed by atoms with E-state index in [0.717, 1.165) is 12.0 Å². The molecule has 0 aromatic heterocycles. The van der Waals surface area contributed by atoms with Crippen molar-refractivity contribution >= 4 is 9.84 Å². The summed E-state index contributed by atoms with van der Waals surface area (Å²) in [4.78, 5) is 0.527. The predicted molar refractivity (Wildman–Crippen MR) is 65.5 cm³/mol. The lowest BCUT2D eigenvalue weighted by Gasteiger charge is -2.26. The smallest absolute Gasteiger partial charge is 0.175 e. The van der Waals surface area contributed by atoms with Gasteiger partial charge in [-0.2, -0.15) is 0 Å². The van der Waals surface area contributed by atoms with Crippen molar-refractivity contribution in [3.63, 3.8) is 0 Å². The van der Waals surface area contributed by atoms with Gasteiger partial charge in [-0.25, -0.2) is 8.42 Å². The van der Waals surface area contributed by atoms with E-state index in [0.29, 0.717) is 10.8 Å². The molecule has 0 saturated heterocycles. The summed E-state index contributed by atoms with van der Waals surface area (Å²) in [6.45, 7) is 1.99. The lowest BCUT2D eigenvalue weighted by Crippen LogP contribution is -2.11. The van der Waals surface area contributed by atoms with Crippen LogP contribution in [0.4, 0.5) is 0 Å². The maximum absolute atomic E-state index is 11.7. The molecule has 3 heteroatoms. The second-order valence-corrected chi connectivity index (χ2v) is 6.60. The normalized spacial score (nSPS) is 17.1. The molecular formula is C13H18O2S. The Hall–Kier alpha value is -0.830. The molecule has 2 nitrogen and oxygen atoms in total. The largest absolute Gasteiger partial charge is 0.224 e. The van der Waals surface area contributed by atoms with Crippen LogP contribution in [0.5, 0.6) is 0 Å². The Morgan fingerprint density at radius 2 is 2.00 bits per heavy atom. The van der Waals surface area contributed by atoms with Crippen molar-refractivity contribution in [2.45, 2.75) is 43.4 Å². The van der Waals surface area contributed by atoms with Gasteiger partial charge in [0.25, 0.3) is 0 Å². The predicted octanol–water partition coefficient (Wildman–Crippen LogP) is 2.92. The molecule has 1 aliphatic rings. The number of rotatable bonds is 3. The number of hydrogen-bond acceptors (Lipinski definition) is 2. The zero-order valence-corrected chi connectivity index (χ0v) is 10.7. The fraction of sp³-hybridized carbons (Fsp3) is 0.538. The highest BCUT2D eigenvalue weighted by Gasteiger charge is 2.22. The monoisotopic (exact) mass is 238 g/mol. The minimum Gasteiger partial charge on any atom is -0.224 e. The Kier molecular flexibility index (Phi) is 3.06. The third kappa shape index (κ3) is 2.14. The summed E-state index contributed by atoms with van der Waals surface area (Å²) in [7, 11) is -3.09. The second kappa shape index (κ2) is 4.21. The van der Waals surface area contributed by atoms with Gasteiger partial charge in [-0.15, -0.1) is 0 Å². The van der Waals surface area contributed by atoms with Crippen molar-refractivity contribution in [1.29, 1.82) is 0 Å². The quantitative estimate of drug-likeness (QED) is 0.811. The van der Waals surface area contributed by atoms with E-state index >= 15 is 0 Å². The van der Waals surface area contributed by atoms with Crippen LogP contribution in [0.1, 0.15) is 43.2 Å². The first-order valence-corrected chi connectivity index (χ1v) is 7.74. The Morgan fingerprint density at radius 1 is 1.31 bits per heavy atom. The molecule has 0 spiro atoms. The van der Waals surface area contributed by atoms with E-state index in [9.17, 15) is 8.42 Å². The van der Waals surface area contributed by atoms with Gasteiger partial charge in [0, 0.05) is 6.26 Å². The van der Waals surface area contributed by atoms with E-state index in [1.165, 1.54) is 31.1 Å². The molecule has 0 aliphatic heterocycles. The van der Waals surface area contributed by atoms with Crippen LogP contribution in [0, 0.1) is 0 Å². The van der Waals surface area contributed by atoms with Crippen molar-refractivity contribution in [3.8, 4) is 0 Å². The van der Waals surface area contributed by atoms with Crippen LogP contribution in [-0.2, 0) is 16.3 Å². The first-order valence-electron chi connectivity index (χ1n) is 5.85. The molecule has 88 valence electrons. The topological polar surface area (TPSA) is 34.1 Å². The van der Waals surface area contributed by atoms with Crippen LogP contribution >= 0.6 is 0 Å². The zero-order valence-electron chi connectivity index (χ0n) is 9.86. The van der Waals surface area contributed by atoms with Gasteiger partial charge in [-0.3, -0.25) is 0 Å². The molecule has 0 atom stereocenters. The standard InChI is InChI=1S/C13H18O2S/c1-3-10-7-8-12(11-5-4-6-11)9-13(10)16(2,14)15/h7-9,11H,3-6H2,1-2H3. The Labute approximate surface area is 97.6 Å². The lowest BCUT2D eigenvalue weighted by atomic mass is 9.80. The molecule has 1 saturated carbocycles. The molecule has 0 heterocycles. The summed E-state index contributed by atoms with van der Waals surface area (Å²) in [5.74, 6) is 0.589. The highest BCUT2D eigenvalue weighted by molar-refractivity contribution is 7.90. The SMILES string of the molecule is CCc1ccc(C2CCC2)cc1S(C)(=O)=O. The van der Waals surface area contributed by atoms with Crippen molar-refractivity contribution < 1.29 is 8.42 Å². The van der Waals surface area contributed by atoms with Gasteiger partial charge in [0.05, 0.1) is 4.90 Å². The van der Waals surface area contributed by atoms with E-state index in [4.69, 9.17) is 0 Å². The highest BCUT2D eigenvalue weighted by atomic mass is 32.2. The molecule has 0 amide bonds. The molecule has 0 bridgehead atoms. The van der Waals surface area contributed by atoms with Gasteiger partial charge in [0.1, 0.15) is 0 Å². The summed E-state index contributed by atoms with van der Waals surface area (Å²) in [5.41, 5.74) is 2.13. The van der Waals surface area contributed by atoms with Gasteiger partial charge >= 0.3 is 0 Å². The third-order valence-corrected chi connectivity index (χ3v) is 4.63. The van der Waals surface area contributed by atoms with Gasteiger partial charge in [-0.1, -0.05) is 25.5 Å². The fourth-order valence-corrected chi connectivity index (χ4v) is 3.24. The zero-order chi connectivity index (χ0) is 11.8. The minimum absolute atomic E-state index is 0.527. The third-order valence-electron chi connectivity index (χ3n) is 3.45. The van der Waals surface area contributed by atoms with Gasteiger partial charge < -0.3 is 0 Å². The number of aryl methyl sites for hydroxylation is 1. The Balaban J connectivity index is 2.46. The molecular weight excluding hydrogens is 220 g/mol. The van der Waals surface area contributed by atoms with E-state index in [2.05, 4.69) is 6.07 Å². The maximum Gasteiger partial charge on any atom is 0.175 e. The summed E-state index contributed by atoms with van der Waals surface area (Å²) < 4.78 is 23.4. The van der Waals surface area contributed by atoms with Crippen LogP contribution in [0.3, 0.4) is 0 Å². The highest BCUT2D eigenvalue weighted by Crippen LogP contribution is 2.37. The lowest BCUT2D eigenvalue weighted by molar-refractivity contribution is 0.419. The first-order chi connectivity index (χ1) is 7.52. The summed E-state index contributed by atoms with van der Waals surface area (Å²) in [5, 5.41) is 0. The summed E-state index contributed by atoms with van der Waals surface area (Å²) >= 11 is 0. The second-order valence-electron chi connectivity index (χ2n) is 4.62. The van der Waals surface area contributed by atoms with Crippen LogP contribution < -0.4 is 0 Å². The average molecular weight is 238 g/mol. The average Bonchev–Trinajstić information content (AvgIpc) is 2.13. The molecule has 0 unspecified atom stereocenters. The van der Waals surface area contributed by atoms with Crippen LogP contribution in [0.2, 0.25) is 0 Å². The molecule has 0 radical (unpaired) electrons. The van der Waals surface area contributed by atoms with Gasteiger partial charge in [-0.05, 0) is 42.4 Å². The fourth-order valence-electron chi connectivity index (χ4n) is 2.20. The molecule has 1 aromatic carbocycles. The van der Waals surface area contributed by atoms with Crippen molar-refractivity contribution in [3.05, 3.63) is 29.3 Å². The minimum atomic E-state index is -3.09. The van der Waals surface area contributed by atoms with E-state index < -0.39 is 9.84 Å². The molecule has 2 rings (SSSR count). The van der Waals surface area contributed by atoms with Gasteiger partial charge in [0.2, 0.25) is 0 Å². The van der Waals surface area contributed by atoms with Crippen LogP contribution in [-0.4, -0.2) is 14.7 Å². The van der Waals surface area contributed by atoms with Crippen LogP contribution in [0.15, 0.2) is 23.1 Å². The number of hydrogen-bond donors (Lipinski definition) is 0. The Bertz CT molecular complexity index is 485. The molecule has 0 N–H and O–H groups in total. The summed E-state index contributed by atoms with van der Waals surface area (Å²) in [6, 6.07) is 5.96. The van der Waals surface area contributed by atoms with Crippen molar-refractivity contribution in [2.75, 3.05) is 6.26 Å². The van der Waals surface area contributed by atoms with Gasteiger partial charge in [0.15, 0.2) is 9.84 Å². The first kappa shape index (κ1) is 11.6. The molecule has 1 aliphatic carbocycles. The van der Waals surface area contributed by atoms with Crippen molar-refractivity contribution in [1.82, 2.24) is 0 Å². The Morgan fingerprint density at radius 3 is 2.44 bits per heavy atom. The molecule has 1 aromatic rings. The number of benzene rings is 1. The molecule has 1 fully saturated rings. The van der Waals surface area contributed by atoms with Crippen molar-refractivity contribution in [2.24, 2.45) is 0 Å². The molecule has 16 heavy (non-hydrogen) atoms.